The van der Waals surface area contributed by atoms with Crippen LogP contribution in [0.5, 0.6) is 0 Å². The lowest BCUT2D eigenvalue weighted by Crippen LogP contribution is -2.32. The summed E-state index contributed by atoms with van der Waals surface area (Å²) < 4.78 is 0. The number of carbonyl (C=O) groups is 1. The Balaban J connectivity index is 1.69. The van der Waals surface area contributed by atoms with Crippen molar-refractivity contribution in [3.63, 3.8) is 0 Å². The van der Waals surface area contributed by atoms with Crippen LogP contribution in [0.3, 0.4) is 0 Å². The molecule has 4 heteroatoms. The Morgan fingerprint density at radius 2 is 1.73 bits per heavy atom. The van der Waals surface area contributed by atoms with Crippen LogP contribution < -0.4 is 10.6 Å². The molecule has 1 heterocycles. The predicted molar refractivity (Wildman–Crippen MR) is 105 cm³/mol. The van der Waals surface area contributed by atoms with Crippen molar-refractivity contribution >= 4 is 11.6 Å². The van der Waals surface area contributed by atoms with E-state index in [0.29, 0.717) is 0 Å². The molecule has 26 heavy (non-hydrogen) atoms. The molecule has 2 N–H and O–H groups in total. The first-order chi connectivity index (χ1) is 12.6. The summed E-state index contributed by atoms with van der Waals surface area (Å²) in [6, 6.07) is 21.6. The Labute approximate surface area is 154 Å². The van der Waals surface area contributed by atoms with Gasteiger partial charge in [-0.05, 0) is 54.8 Å². The molecule has 4 nitrogen and oxygen atoms in total. The van der Waals surface area contributed by atoms with Gasteiger partial charge in [0.2, 0.25) is 5.91 Å². The molecular formula is C22H23N3O. The minimum atomic E-state index is -0.136. The van der Waals surface area contributed by atoms with Crippen LogP contribution in [0.2, 0.25) is 0 Å². The van der Waals surface area contributed by atoms with Gasteiger partial charge in [0.1, 0.15) is 0 Å². The van der Waals surface area contributed by atoms with E-state index in [9.17, 15) is 4.79 Å². The van der Waals surface area contributed by atoms with Crippen LogP contribution in [0, 0.1) is 13.8 Å². The van der Waals surface area contributed by atoms with Crippen LogP contribution in [0.4, 0.5) is 5.69 Å². The third kappa shape index (κ3) is 4.55. The van der Waals surface area contributed by atoms with Crippen molar-refractivity contribution in [1.29, 1.82) is 0 Å². The van der Waals surface area contributed by atoms with E-state index in [2.05, 4.69) is 22.5 Å². The molecule has 0 aliphatic heterocycles. The second-order valence-corrected chi connectivity index (χ2v) is 6.33. The van der Waals surface area contributed by atoms with Gasteiger partial charge in [-0.25, -0.2) is 0 Å². The number of amides is 1. The van der Waals surface area contributed by atoms with Crippen LogP contribution in [-0.4, -0.2) is 17.4 Å². The van der Waals surface area contributed by atoms with E-state index in [1.165, 1.54) is 5.56 Å². The Morgan fingerprint density at radius 3 is 2.42 bits per heavy atom. The first-order valence-corrected chi connectivity index (χ1v) is 8.70. The fourth-order valence-corrected chi connectivity index (χ4v) is 2.80. The molecular weight excluding hydrogens is 322 g/mol. The van der Waals surface area contributed by atoms with Crippen molar-refractivity contribution in [3.8, 4) is 0 Å². The van der Waals surface area contributed by atoms with E-state index >= 15 is 0 Å². The first-order valence-electron chi connectivity index (χ1n) is 8.70. The van der Waals surface area contributed by atoms with Gasteiger partial charge in [-0.15, -0.1) is 0 Å². The summed E-state index contributed by atoms with van der Waals surface area (Å²) in [7, 11) is 0. The van der Waals surface area contributed by atoms with Gasteiger partial charge < -0.3 is 5.32 Å². The monoisotopic (exact) mass is 345 g/mol. The molecule has 0 fully saturated rings. The third-order valence-corrected chi connectivity index (χ3v) is 4.37. The van der Waals surface area contributed by atoms with Gasteiger partial charge >= 0.3 is 0 Å². The van der Waals surface area contributed by atoms with Gasteiger partial charge in [-0.2, -0.15) is 0 Å². The number of hydrogen-bond acceptors (Lipinski definition) is 3. The number of aromatic nitrogens is 1. The van der Waals surface area contributed by atoms with Gasteiger partial charge in [-0.1, -0.05) is 42.5 Å². The highest BCUT2D eigenvalue weighted by Gasteiger charge is 2.16. The smallest absolute Gasteiger partial charge is 0.238 e. The molecule has 0 bridgehead atoms. The number of nitrogens with one attached hydrogen (secondary N) is 2. The Hall–Kier alpha value is -2.98. The summed E-state index contributed by atoms with van der Waals surface area (Å²) in [4.78, 5) is 16.8. The van der Waals surface area contributed by atoms with E-state index in [1.54, 1.807) is 6.20 Å². The van der Waals surface area contributed by atoms with Crippen LogP contribution >= 0.6 is 0 Å². The summed E-state index contributed by atoms with van der Waals surface area (Å²) in [5.41, 5.74) is 5.14. The van der Waals surface area contributed by atoms with E-state index in [4.69, 9.17) is 0 Å². The standard InChI is InChI=1S/C22H23N3O/c1-16-11-12-19(14-17(16)2)25-21(26)15-24-22(18-8-4-3-5-9-18)20-10-6-7-13-23-20/h3-14,22,24H,15H2,1-2H3,(H,25,26). The second-order valence-electron chi connectivity index (χ2n) is 6.33. The molecule has 1 unspecified atom stereocenters. The predicted octanol–water partition coefficient (Wildman–Crippen LogP) is 4.02. The molecule has 2 aromatic carbocycles. The number of anilines is 1. The first kappa shape index (κ1) is 17.8. The van der Waals surface area contributed by atoms with E-state index in [-0.39, 0.29) is 18.5 Å². The molecule has 1 amide bonds. The average Bonchev–Trinajstić information content (AvgIpc) is 2.67. The van der Waals surface area contributed by atoms with Crippen LogP contribution in [-0.2, 0) is 4.79 Å². The van der Waals surface area contributed by atoms with E-state index < -0.39 is 0 Å². The zero-order valence-corrected chi connectivity index (χ0v) is 15.1. The molecule has 132 valence electrons. The molecule has 0 aliphatic rings. The molecule has 3 aromatic rings. The highest BCUT2D eigenvalue weighted by molar-refractivity contribution is 5.92. The molecule has 0 aliphatic carbocycles. The average molecular weight is 345 g/mol. The van der Waals surface area contributed by atoms with Crippen molar-refractivity contribution in [3.05, 3.63) is 95.3 Å². The summed E-state index contributed by atoms with van der Waals surface area (Å²) in [5, 5.41) is 6.27. The minimum Gasteiger partial charge on any atom is -0.325 e. The maximum atomic E-state index is 12.4. The zero-order chi connectivity index (χ0) is 18.4. The fraction of sp³-hybridized carbons (Fsp3) is 0.182. The van der Waals surface area contributed by atoms with Crippen LogP contribution in [0.25, 0.3) is 0 Å². The number of carbonyl (C=O) groups excluding carboxylic acids is 1. The highest BCUT2D eigenvalue weighted by atomic mass is 16.1. The highest BCUT2D eigenvalue weighted by Crippen LogP contribution is 2.20. The Morgan fingerprint density at radius 1 is 0.962 bits per heavy atom. The maximum Gasteiger partial charge on any atom is 0.238 e. The zero-order valence-electron chi connectivity index (χ0n) is 15.1. The number of hydrogen-bond donors (Lipinski definition) is 2. The Bertz CT molecular complexity index is 824. The van der Waals surface area contributed by atoms with E-state index in [0.717, 1.165) is 22.5 Å². The van der Waals surface area contributed by atoms with Gasteiger partial charge in [0.05, 0.1) is 18.3 Å². The maximum absolute atomic E-state index is 12.4. The molecule has 1 atom stereocenters. The van der Waals surface area contributed by atoms with E-state index in [1.807, 2.05) is 73.7 Å². The molecule has 0 radical (unpaired) electrons. The second kappa shape index (κ2) is 8.41. The van der Waals surface area contributed by atoms with Gasteiger partial charge in [0, 0.05) is 11.9 Å². The summed E-state index contributed by atoms with van der Waals surface area (Å²) >= 11 is 0. The van der Waals surface area contributed by atoms with Gasteiger partial charge in [-0.3, -0.25) is 15.1 Å². The largest absolute Gasteiger partial charge is 0.325 e. The van der Waals surface area contributed by atoms with Crippen molar-refractivity contribution in [1.82, 2.24) is 10.3 Å². The van der Waals surface area contributed by atoms with Crippen LogP contribution in [0.15, 0.2) is 72.9 Å². The lowest BCUT2D eigenvalue weighted by atomic mass is 10.0. The summed E-state index contributed by atoms with van der Waals surface area (Å²) in [5.74, 6) is -0.0786. The lowest BCUT2D eigenvalue weighted by molar-refractivity contribution is -0.115. The van der Waals surface area contributed by atoms with Crippen molar-refractivity contribution in [2.24, 2.45) is 0 Å². The number of aryl methyl sites for hydroxylation is 2. The topological polar surface area (TPSA) is 54.0 Å². The van der Waals surface area contributed by atoms with Crippen molar-refractivity contribution < 1.29 is 4.79 Å². The number of benzene rings is 2. The van der Waals surface area contributed by atoms with Crippen molar-refractivity contribution in [2.75, 3.05) is 11.9 Å². The summed E-state index contributed by atoms with van der Waals surface area (Å²) in [6.45, 7) is 4.29. The number of pyridine rings is 1. The fourth-order valence-electron chi connectivity index (χ4n) is 2.80. The molecule has 1 aromatic heterocycles. The quantitative estimate of drug-likeness (QED) is 0.709. The molecule has 0 saturated carbocycles. The minimum absolute atomic E-state index is 0.0786. The third-order valence-electron chi connectivity index (χ3n) is 4.37. The lowest BCUT2D eigenvalue weighted by Gasteiger charge is -2.18. The molecule has 3 rings (SSSR count). The molecule has 0 spiro atoms. The summed E-state index contributed by atoms with van der Waals surface area (Å²) in [6.07, 6.45) is 1.77. The molecule has 0 saturated heterocycles. The SMILES string of the molecule is Cc1ccc(NC(=O)CNC(c2ccccc2)c2ccccn2)cc1C. The number of nitrogens with zero attached hydrogens (tertiary/aromatic N) is 1. The van der Waals surface area contributed by atoms with Crippen LogP contribution in [0.1, 0.15) is 28.4 Å². The Kier molecular flexibility index (Phi) is 5.77. The normalized spacial score (nSPS) is 11.8. The number of rotatable bonds is 6. The van der Waals surface area contributed by atoms with Gasteiger partial charge in [0.15, 0.2) is 0 Å². The van der Waals surface area contributed by atoms with Crippen molar-refractivity contribution in [2.45, 2.75) is 19.9 Å². The van der Waals surface area contributed by atoms with Gasteiger partial charge in [0.25, 0.3) is 0 Å².